The number of anilines is 1. The minimum absolute atomic E-state index is 0.295. The van der Waals surface area contributed by atoms with Gasteiger partial charge in [0.15, 0.2) is 0 Å². The highest BCUT2D eigenvalue weighted by Gasteiger charge is 2.34. The summed E-state index contributed by atoms with van der Waals surface area (Å²) in [7, 11) is 0. The van der Waals surface area contributed by atoms with E-state index in [1.54, 1.807) is 32.6 Å². The van der Waals surface area contributed by atoms with Crippen LogP contribution < -0.4 is 10.6 Å². The zero-order valence-electron chi connectivity index (χ0n) is 24.1. The molecule has 0 aromatic heterocycles. The highest BCUT2D eigenvalue weighted by molar-refractivity contribution is 5.99. The number of carbonyl (C=O) groups excluding carboxylic acids is 3. The number of hydrogen-bond acceptors (Lipinski definition) is 4. The summed E-state index contributed by atoms with van der Waals surface area (Å²) in [4.78, 5) is 41.8. The van der Waals surface area contributed by atoms with Crippen LogP contribution in [0.25, 0.3) is 0 Å². The van der Waals surface area contributed by atoms with Crippen LogP contribution in [0.3, 0.4) is 0 Å². The minimum Gasteiger partial charge on any atom is -0.444 e. The van der Waals surface area contributed by atoms with Gasteiger partial charge in [-0.2, -0.15) is 0 Å². The van der Waals surface area contributed by atoms with Gasteiger partial charge in [0, 0.05) is 12.2 Å². The van der Waals surface area contributed by atoms with Crippen LogP contribution in [0.1, 0.15) is 90.0 Å². The number of rotatable bonds is 12. The molecule has 2 unspecified atom stereocenters. The highest BCUT2D eigenvalue weighted by Crippen LogP contribution is 2.26. The predicted octanol–water partition coefficient (Wildman–Crippen LogP) is 6.56. The summed E-state index contributed by atoms with van der Waals surface area (Å²) in [6.45, 7) is 13.5. The van der Waals surface area contributed by atoms with Crippen molar-refractivity contribution in [2.75, 3.05) is 11.9 Å². The van der Waals surface area contributed by atoms with E-state index in [1.165, 1.54) is 0 Å². The van der Waals surface area contributed by atoms with Crippen LogP contribution in [-0.4, -0.2) is 41.0 Å². The van der Waals surface area contributed by atoms with Crippen molar-refractivity contribution in [3.63, 3.8) is 0 Å². The first-order valence-corrected chi connectivity index (χ1v) is 13.7. The number of para-hydroxylation sites is 1. The highest BCUT2D eigenvalue weighted by atomic mass is 16.6. The third-order valence-corrected chi connectivity index (χ3v) is 6.31. The molecule has 0 fully saturated rings. The standard InChI is InChI=1S/C31H45N3O4/c1-8-10-11-14-21-34(29(36)23(4)32-30(37)38-31(5,6)7)27(25-19-17-24(9-2)18-20-25)28(35)33-26-16-13-12-15-22(26)3/h12-13,15-20,23,27H,8-11,14,21H2,1-7H3,(H,32,37)(H,33,35). The molecule has 0 aliphatic rings. The molecular formula is C31H45N3O4. The molecule has 0 heterocycles. The fourth-order valence-electron chi connectivity index (χ4n) is 4.19. The third kappa shape index (κ3) is 9.51. The van der Waals surface area contributed by atoms with Gasteiger partial charge in [-0.1, -0.05) is 75.6 Å². The number of ether oxygens (including phenoxy) is 1. The average molecular weight is 524 g/mol. The largest absolute Gasteiger partial charge is 0.444 e. The molecule has 0 bridgehead atoms. The van der Waals surface area contributed by atoms with E-state index in [1.807, 2.05) is 55.5 Å². The quantitative estimate of drug-likeness (QED) is 0.309. The third-order valence-electron chi connectivity index (χ3n) is 6.31. The predicted molar refractivity (Wildman–Crippen MR) is 153 cm³/mol. The lowest BCUT2D eigenvalue weighted by atomic mass is 9.99. The maximum Gasteiger partial charge on any atom is 0.408 e. The number of nitrogens with zero attached hydrogens (tertiary/aromatic N) is 1. The number of carbonyl (C=O) groups is 3. The summed E-state index contributed by atoms with van der Waals surface area (Å²) in [6, 6.07) is 13.6. The molecule has 7 heteroatoms. The van der Waals surface area contributed by atoms with E-state index < -0.39 is 23.8 Å². The maximum atomic E-state index is 13.9. The van der Waals surface area contributed by atoms with Crippen molar-refractivity contribution in [3.8, 4) is 0 Å². The second kappa shape index (κ2) is 14.6. The molecule has 0 saturated carbocycles. The van der Waals surface area contributed by atoms with Crippen LogP contribution in [0.4, 0.5) is 10.5 Å². The van der Waals surface area contributed by atoms with Crippen molar-refractivity contribution >= 4 is 23.6 Å². The second-order valence-electron chi connectivity index (χ2n) is 10.8. The van der Waals surface area contributed by atoms with Crippen LogP contribution in [-0.2, 0) is 20.7 Å². The van der Waals surface area contributed by atoms with Crippen molar-refractivity contribution in [2.45, 2.75) is 98.3 Å². The van der Waals surface area contributed by atoms with Crippen LogP contribution in [0.2, 0.25) is 0 Å². The molecular weight excluding hydrogens is 478 g/mol. The van der Waals surface area contributed by atoms with E-state index in [9.17, 15) is 14.4 Å². The SMILES string of the molecule is CCCCCCN(C(=O)C(C)NC(=O)OC(C)(C)C)C(C(=O)Nc1ccccc1C)c1ccc(CC)cc1. The Hall–Kier alpha value is -3.35. The minimum atomic E-state index is -0.875. The van der Waals surface area contributed by atoms with Gasteiger partial charge in [0.1, 0.15) is 17.7 Å². The lowest BCUT2D eigenvalue weighted by Gasteiger charge is -2.34. The molecule has 2 N–H and O–H groups in total. The number of aryl methyl sites for hydroxylation is 2. The second-order valence-corrected chi connectivity index (χ2v) is 10.8. The van der Waals surface area contributed by atoms with E-state index in [0.717, 1.165) is 48.8 Å². The van der Waals surface area contributed by atoms with Crippen LogP contribution in [0.5, 0.6) is 0 Å². The number of alkyl carbamates (subject to hydrolysis) is 1. The average Bonchev–Trinajstić information content (AvgIpc) is 2.85. The van der Waals surface area contributed by atoms with E-state index >= 15 is 0 Å². The van der Waals surface area contributed by atoms with Crippen LogP contribution in [0, 0.1) is 6.92 Å². The normalized spacial score (nSPS) is 12.8. The number of hydrogen-bond donors (Lipinski definition) is 2. The van der Waals surface area contributed by atoms with E-state index in [2.05, 4.69) is 24.5 Å². The molecule has 7 nitrogen and oxygen atoms in total. The lowest BCUT2D eigenvalue weighted by Crippen LogP contribution is -2.51. The van der Waals surface area contributed by atoms with Crippen molar-refractivity contribution in [3.05, 3.63) is 65.2 Å². The first-order valence-electron chi connectivity index (χ1n) is 13.7. The van der Waals surface area contributed by atoms with Gasteiger partial charge in [0.05, 0.1) is 0 Å². The van der Waals surface area contributed by atoms with Gasteiger partial charge < -0.3 is 20.3 Å². The van der Waals surface area contributed by atoms with Gasteiger partial charge in [-0.3, -0.25) is 9.59 Å². The first-order chi connectivity index (χ1) is 18.0. The van der Waals surface area contributed by atoms with E-state index in [0.29, 0.717) is 12.2 Å². The van der Waals surface area contributed by atoms with Gasteiger partial charge in [-0.25, -0.2) is 4.79 Å². The lowest BCUT2D eigenvalue weighted by molar-refractivity contribution is -0.140. The summed E-state index contributed by atoms with van der Waals surface area (Å²) in [5.41, 5.74) is 2.81. The summed E-state index contributed by atoms with van der Waals surface area (Å²) in [5.74, 6) is -0.631. The molecule has 38 heavy (non-hydrogen) atoms. The Morgan fingerprint density at radius 2 is 1.61 bits per heavy atom. The molecule has 0 saturated heterocycles. The Labute approximate surface area is 228 Å². The molecule has 2 atom stereocenters. The fourth-order valence-corrected chi connectivity index (χ4v) is 4.19. The Kier molecular flexibility index (Phi) is 11.8. The molecule has 2 rings (SSSR count). The zero-order chi connectivity index (χ0) is 28.3. The number of nitrogens with one attached hydrogen (secondary N) is 2. The van der Waals surface area contributed by atoms with Crippen molar-refractivity contribution < 1.29 is 19.1 Å². The Bertz CT molecular complexity index is 1060. The summed E-state index contributed by atoms with van der Waals surface area (Å²) in [5, 5.41) is 5.70. The molecule has 2 aromatic carbocycles. The van der Waals surface area contributed by atoms with Gasteiger partial charge in [-0.15, -0.1) is 0 Å². The molecule has 0 spiro atoms. The first kappa shape index (κ1) is 30.9. The van der Waals surface area contributed by atoms with E-state index in [4.69, 9.17) is 4.74 Å². The smallest absolute Gasteiger partial charge is 0.408 e. The Morgan fingerprint density at radius 1 is 0.947 bits per heavy atom. The van der Waals surface area contributed by atoms with Gasteiger partial charge in [-0.05, 0) is 70.2 Å². The van der Waals surface area contributed by atoms with Crippen molar-refractivity contribution in [1.29, 1.82) is 0 Å². The zero-order valence-corrected chi connectivity index (χ0v) is 24.1. The Balaban J connectivity index is 2.44. The maximum absolute atomic E-state index is 13.9. The molecule has 0 aliphatic heterocycles. The van der Waals surface area contributed by atoms with Gasteiger partial charge >= 0.3 is 6.09 Å². The van der Waals surface area contributed by atoms with Gasteiger partial charge in [0.2, 0.25) is 5.91 Å². The number of unbranched alkanes of at least 4 members (excludes halogenated alkanes) is 3. The summed E-state index contributed by atoms with van der Waals surface area (Å²) >= 11 is 0. The van der Waals surface area contributed by atoms with E-state index in [-0.39, 0.29) is 11.8 Å². The molecule has 2 aromatic rings. The van der Waals surface area contributed by atoms with Crippen LogP contribution in [0.15, 0.2) is 48.5 Å². The van der Waals surface area contributed by atoms with Crippen molar-refractivity contribution in [2.24, 2.45) is 0 Å². The van der Waals surface area contributed by atoms with Crippen molar-refractivity contribution in [1.82, 2.24) is 10.2 Å². The van der Waals surface area contributed by atoms with Gasteiger partial charge in [0.25, 0.3) is 5.91 Å². The number of amides is 3. The topological polar surface area (TPSA) is 87.7 Å². The number of benzene rings is 2. The monoisotopic (exact) mass is 523 g/mol. The molecule has 3 amide bonds. The molecule has 0 aliphatic carbocycles. The fraction of sp³-hybridized carbons (Fsp3) is 0.516. The molecule has 0 radical (unpaired) electrons. The molecule has 208 valence electrons. The summed E-state index contributed by atoms with van der Waals surface area (Å²) < 4.78 is 5.36. The Morgan fingerprint density at radius 3 is 2.18 bits per heavy atom. The van der Waals surface area contributed by atoms with Crippen LogP contribution >= 0.6 is 0 Å². The summed E-state index contributed by atoms with van der Waals surface area (Å²) in [6.07, 6.45) is 3.99.